The normalized spacial score (nSPS) is 9.95. The lowest BCUT2D eigenvalue weighted by Gasteiger charge is -2.13. The lowest BCUT2D eigenvalue weighted by Crippen LogP contribution is -2.09. The van der Waals surface area contributed by atoms with Gasteiger partial charge in [-0.05, 0) is 12.1 Å². The van der Waals surface area contributed by atoms with Gasteiger partial charge in [0.25, 0.3) is 0 Å². The van der Waals surface area contributed by atoms with Crippen LogP contribution in [-0.2, 0) is 6.61 Å². The zero-order chi connectivity index (χ0) is 14.4. The highest BCUT2D eigenvalue weighted by atomic mass is 16.5. The van der Waals surface area contributed by atoms with Crippen LogP contribution in [0.4, 0.5) is 5.82 Å². The third-order valence-corrected chi connectivity index (χ3v) is 2.60. The number of hydrazine groups is 1. The van der Waals surface area contributed by atoms with E-state index >= 15 is 0 Å². The fourth-order valence-electron chi connectivity index (χ4n) is 1.61. The molecule has 3 N–H and O–H groups in total. The molecule has 0 saturated carbocycles. The maximum absolute atomic E-state index is 5.71. The highest BCUT2D eigenvalue weighted by Crippen LogP contribution is 2.37. The first kappa shape index (κ1) is 13.9. The number of ether oxygens (including phenoxy) is 3. The Morgan fingerprint density at radius 3 is 2.30 bits per heavy atom. The van der Waals surface area contributed by atoms with Gasteiger partial charge in [0.15, 0.2) is 17.3 Å². The Labute approximate surface area is 116 Å². The first-order valence-corrected chi connectivity index (χ1v) is 5.89. The molecular formula is C13H16N4O3. The molecule has 0 aliphatic rings. The van der Waals surface area contributed by atoms with Crippen molar-refractivity contribution in [3.05, 3.63) is 36.3 Å². The molecular weight excluding hydrogens is 260 g/mol. The van der Waals surface area contributed by atoms with Crippen LogP contribution in [0.15, 0.2) is 30.6 Å². The number of anilines is 1. The zero-order valence-electron chi connectivity index (χ0n) is 11.3. The van der Waals surface area contributed by atoms with Crippen molar-refractivity contribution in [1.29, 1.82) is 0 Å². The van der Waals surface area contributed by atoms with E-state index in [1.165, 1.54) is 6.20 Å². The van der Waals surface area contributed by atoms with Crippen molar-refractivity contribution in [1.82, 2.24) is 9.97 Å². The molecule has 2 aromatic rings. The number of para-hydroxylation sites is 1. The Bertz CT molecular complexity index is 538. The summed E-state index contributed by atoms with van der Waals surface area (Å²) in [6.07, 6.45) is 3.11. The predicted octanol–water partition coefficient (Wildman–Crippen LogP) is 1.36. The van der Waals surface area contributed by atoms with Gasteiger partial charge in [-0.25, -0.2) is 10.8 Å². The van der Waals surface area contributed by atoms with E-state index in [1.807, 2.05) is 6.07 Å². The molecule has 0 bridgehead atoms. The molecule has 1 aromatic heterocycles. The van der Waals surface area contributed by atoms with E-state index in [1.54, 1.807) is 32.5 Å². The number of nitrogens with zero attached hydrogens (tertiary/aromatic N) is 2. The molecule has 0 unspecified atom stereocenters. The van der Waals surface area contributed by atoms with Gasteiger partial charge in [0, 0.05) is 0 Å². The summed E-state index contributed by atoms with van der Waals surface area (Å²) in [6, 6.07) is 5.42. The minimum Gasteiger partial charge on any atom is -0.493 e. The molecule has 7 heteroatoms. The van der Waals surface area contributed by atoms with Crippen LogP contribution in [0, 0.1) is 0 Å². The van der Waals surface area contributed by atoms with E-state index in [2.05, 4.69) is 15.4 Å². The predicted molar refractivity (Wildman–Crippen MR) is 73.7 cm³/mol. The molecule has 20 heavy (non-hydrogen) atoms. The Balaban J connectivity index is 2.13. The standard InChI is InChI=1S/C13H16N4O3/c1-18-10-4-3-5-11(19-2)13(10)20-8-9-6-16-12(17-14)7-15-9/h3-7H,8,14H2,1-2H3,(H,16,17). The smallest absolute Gasteiger partial charge is 0.203 e. The summed E-state index contributed by atoms with van der Waals surface area (Å²) in [5.74, 6) is 7.43. The van der Waals surface area contributed by atoms with Crippen molar-refractivity contribution in [2.45, 2.75) is 6.61 Å². The van der Waals surface area contributed by atoms with E-state index in [0.717, 1.165) is 0 Å². The van der Waals surface area contributed by atoms with Crippen LogP contribution in [0.5, 0.6) is 17.2 Å². The lowest BCUT2D eigenvalue weighted by atomic mass is 10.3. The first-order valence-electron chi connectivity index (χ1n) is 5.89. The molecule has 1 aromatic carbocycles. The summed E-state index contributed by atoms with van der Waals surface area (Å²) in [5.41, 5.74) is 3.07. The number of nitrogen functional groups attached to an aromatic ring is 1. The molecule has 7 nitrogen and oxygen atoms in total. The molecule has 106 valence electrons. The molecule has 0 aliphatic heterocycles. The SMILES string of the molecule is COc1cccc(OC)c1OCc1cnc(NN)cn1. The van der Waals surface area contributed by atoms with E-state index in [4.69, 9.17) is 20.1 Å². The summed E-state index contributed by atoms with van der Waals surface area (Å²) in [6.45, 7) is 0.245. The van der Waals surface area contributed by atoms with Gasteiger partial charge in [-0.15, -0.1) is 0 Å². The number of nitrogens with two attached hydrogens (primary N) is 1. The van der Waals surface area contributed by atoms with Crippen molar-refractivity contribution < 1.29 is 14.2 Å². The second kappa shape index (κ2) is 6.58. The summed E-state index contributed by atoms with van der Waals surface area (Å²) >= 11 is 0. The second-order valence-corrected chi connectivity index (χ2v) is 3.82. The van der Waals surface area contributed by atoms with Crippen molar-refractivity contribution in [2.24, 2.45) is 5.84 Å². The summed E-state index contributed by atoms with van der Waals surface area (Å²) in [4.78, 5) is 8.22. The third kappa shape index (κ3) is 3.07. The van der Waals surface area contributed by atoms with Gasteiger partial charge in [-0.3, -0.25) is 4.98 Å². The second-order valence-electron chi connectivity index (χ2n) is 3.82. The van der Waals surface area contributed by atoms with Gasteiger partial charge in [0.2, 0.25) is 5.75 Å². The van der Waals surface area contributed by atoms with Crippen LogP contribution in [0.2, 0.25) is 0 Å². The number of aromatic nitrogens is 2. The maximum Gasteiger partial charge on any atom is 0.203 e. The fourth-order valence-corrected chi connectivity index (χ4v) is 1.61. The average Bonchev–Trinajstić information content (AvgIpc) is 2.52. The topological polar surface area (TPSA) is 91.5 Å². The van der Waals surface area contributed by atoms with Gasteiger partial charge in [0.05, 0.1) is 32.3 Å². The number of rotatable bonds is 6. The highest BCUT2D eigenvalue weighted by molar-refractivity contribution is 5.51. The van der Waals surface area contributed by atoms with Crippen molar-refractivity contribution >= 4 is 5.82 Å². The van der Waals surface area contributed by atoms with E-state index in [0.29, 0.717) is 28.8 Å². The number of hydrogen-bond acceptors (Lipinski definition) is 7. The van der Waals surface area contributed by atoms with Crippen LogP contribution >= 0.6 is 0 Å². The van der Waals surface area contributed by atoms with Crippen LogP contribution in [0.3, 0.4) is 0 Å². The number of nitrogens with one attached hydrogen (secondary N) is 1. The van der Waals surface area contributed by atoms with E-state index in [-0.39, 0.29) is 6.61 Å². The van der Waals surface area contributed by atoms with Crippen molar-refractivity contribution in [3.63, 3.8) is 0 Å². The fraction of sp³-hybridized carbons (Fsp3) is 0.231. The largest absolute Gasteiger partial charge is 0.493 e. The number of benzene rings is 1. The van der Waals surface area contributed by atoms with Crippen LogP contribution < -0.4 is 25.5 Å². The zero-order valence-corrected chi connectivity index (χ0v) is 11.3. The van der Waals surface area contributed by atoms with E-state index < -0.39 is 0 Å². The molecule has 0 aliphatic carbocycles. The number of hydrogen-bond donors (Lipinski definition) is 2. The Morgan fingerprint density at radius 1 is 1.10 bits per heavy atom. The first-order chi connectivity index (χ1) is 9.78. The molecule has 2 rings (SSSR count). The summed E-state index contributed by atoms with van der Waals surface area (Å²) in [7, 11) is 3.15. The minimum absolute atomic E-state index is 0.245. The molecule has 1 heterocycles. The quantitative estimate of drug-likeness (QED) is 0.608. The summed E-state index contributed by atoms with van der Waals surface area (Å²) < 4.78 is 16.2. The molecule has 0 fully saturated rings. The van der Waals surface area contributed by atoms with Crippen molar-refractivity contribution in [2.75, 3.05) is 19.6 Å². The highest BCUT2D eigenvalue weighted by Gasteiger charge is 2.11. The third-order valence-electron chi connectivity index (χ3n) is 2.60. The van der Waals surface area contributed by atoms with Gasteiger partial charge in [-0.2, -0.15) is 0 Å². The average molecular weight is 276 g/mol. The van der Waals surface area contributed by atoms with E-state index in [9.17, 15) is 0 Å². The molecule has 0 atom stereocenters. The van der Waals surface area contributed by atoms with Crippen LogP contribution in [0.1, 0.15) is 5.69 Å². The van der Waals surface area contributed by atoms with Crippen LogP contribution in [0.25, 0.3) is 0 Å². The Kier molecular flexibility index (Phi) is 4.56. The van der Waals surface area contributed by atoms with Gasteiger partial charge < -0.3 is 19.6 Å². The Morgan fingerprint density at radius 2 is 1.80 bits per heavy atom. The van der Waals surface area contributed by atoms with Gasteiger partial charge in [-0.1, -0.05) is 6.07 Å². The molecule has 0 spiro atoms. The van der Waals surface area contributed by atoms with Gasteiger partial charge >= 0.3 is 0 Å². The number of methoxy groups -OCH3 is 2. The summed E-state index contributed by atoms with van der Waals surface area (Å²) in [5, 5.41) is 0. The van der Waals surface area contributed by atoms with Crippen molar-refractivity contribution in [3.8, 4) is 17.2 Å². The Hall–Kier alpha value is -2.54. The lowest BCUT2D eigenvalue weighted by molar-refractivity contribution is 0.262. The maximum atomic E-state index is 5.71. The molecule has 0 saturated heterocycles. The minimum atomic E-state index is 0.245. The van der Waals surface area contributed by atoms with Crippen LogP contribution in [-0.4, -0.2) is 24.2 Å². The van der Waals surface area contributed by atoms with Gasteiger partial charge in [0.1, 0.15) is 6.61 Å². The molecule has 0 radical (unpaired) electrons. The monoisotopic (exact) mass is 276 g/mol. The molecule has 0 amide bonds.